The Hall–Kier alpha value is -0.320. The van der Waals surface area contributed by atoms with Crippen LogP contribution in [0.5, 0.6) is 0 Å². The van der Waals surface area contributed by atoms with Crippen LogP contribution in [0, 0.1) is 0 Å². The summed E-state index contributed by atoms with van der Waals surface area (Å²) < 4.78 is 1.09. The van der Waals surface area contributed by atoms with Crippen LogP contribution in [-0.2, 0) is 0 Å². The molecule has 2 aliphatic rings. The summed E-state index contributed by atoms with van der Waals surface area (Å²) in [5.74, 6) is 0. The number of fused-ring (bicyclic) bond motifs is 2. The van der Waals surface area contributed by atoms with Gasteiger partial charge in [0, 0.05) is 24.4 Å². The first kappa shape index (κ1) is 7.34. The standard InChI is InChI=1S/C8H9IN2/c9-8-5-7-4-6(11-8)2-1-3-10-7/h2,5,10H,1,3-4H2. The molecule has 2 bridgehead atoms. The molecule has 0 aromatic rings. The molecule has 0 aromatic carbocycles. The van der Waals surface area contributed by atoms with E-state index in [2.05, 4.69) is 45.1 Å². The zero-order valence-corrected chi connectivity index (χ0v) is 8.26. The van der Waals surface area contributed by atoms with Crippen molar-refractivity contribution >= 4 is 26.3 Å². The first-order chi connectivity index (χ1) is 5.34. The number of nitrogens with zero attached hydrogens (tertiary/aromatic N) is 1. The van der Waals surface area contributed by atoms with Gasteiger partial charge in [-0.05, 0) is 35.1 Å². The smallest absolute Gasteiger partial charge is 0.103 e. The van der Waals surface area contributed by atoms with E-state index in [0.717, 1.165) is 23.1 Å². The van der Waals surface area contributed by atoms with Gasteiger partial charge in [0.1, 0.15) is 3.72 Å². The Bertz CT molecular complexity index is 263. The third kappa shape index (κ3) is 1.64. The van der Waals surface area contributed by atoms with E-state index in [-0.39, 0.29) is 0 Å². The number of hydrogen-bond donors (Lipinski definition) is 1. The van der Waals surface area contributed by atoms with Crippen LogP contribution in [0.2, 0.25) is 0 Å². The zero-order valence-electron chi connectivity index (χ0n) is 6.10. The molecule has 2 heterocycles. The van der Waals surface area contributed by atoms with Gasteiger partial charge in [0.15, 0.2) is 0 Å². The van der Waals surface area contributed by atoms with E-state index in [9.17, 15) is 0 Å². The fraction of sp³-hybridized carbons (Fsp3) is 0.375. The van der Waals surface area contributed by atoms with Crippen molar-refractivity contribution < 1.29 is 0 Å². The Morgan fingerprint density at radius 3 is 3.36 bits per heavy atom. The Labute approximate surface area is 79.6 Å². The van der Waals surface area contributed by atoms with Crippen molar-refractivity contribution in [3.63, 3.8) is 0 Å². The number of halogens is 1. The summed E-state index contributed by atoms with van der Waals surface area (Å²) in [7, 11) is 0. The van der Waals surface area contributed by atoms with E-state index in [1.807, 2.05) is 0 Å². The highest BCUT2D eigenvalue weighted by Gasteiger charge is 2.10. The van der Waals surface area contributed by atoms with Crippen molar-refractivity contribution in [2.24, 2.45) is 4.99 Å². The maximum atomic E-state index is 4.41. The molecule has 0 amide bonds. The van der Waals surface area contributed by atoms with Crippen molar-refractivity contribution in [2.45, 2.75) is 12.8 Å². The number of aliphatic imine (C=N–C) groups is 1. The number of dihydropyridines is 1. The van der Waals surface area contributed by atoms with E-state index in [1.54, 1.807) is 0 Å². The number of nitrogens with one attached hydrogen (secondary N) is 1. The van der Waals surface area contributed by atoms with Crippen LogP contribution in [0.3, 0.4) is 0 Å². The molecule has 0 aliphatic carbocycles. The molecule has 0 unspecified atom stereocenters. The predicted molar refractivity (Wildman–Crippen MR) is 54.9 cm³/mol. The second kappa shape index (κ2) is 2.97. The number of rotatable bonds is 0. The largest absolute Gasteiger partial charge is 0.388 e. The molecule has 2 rings (SSSR count). The third-order valence-corrected chi connectivity index (χ3v) is 2.34. The normalized spacial score (nSPS) is 22.5. The zero-order chi connectivity index (χ0) is 7.68. The van der Waals surface area contributed by atoms with E-state index in [1.165, 1.54) is 11.4 Å². The van der Waals surface area contributed by atoms with Gasteiger partial charge >= 0.3 is 0 Å². The Kier molecular flexibility index (Phi) is 1.98. The maximum absolute atomic E-state index is 4.41. The van der Waals surface area contributed by atoms with Gasteiger partial charge in [-0.1, -0.05) is 6.08 Å². The molecule has 2 aliphatic heterocycles. The molecule has 1 N–H and O–H groups in total. The van der Waals surface area contributed by atoms with Crippen molar-refractivity contribution in [2.75, 3.05) is 6.54 Å². The van der Waals surface area contributed by atoms with Crippen molar-refractivity contribution in [3.8, 4) is 0 Å². The highest BCUT2D eigenvalue weighted by Crippen LogP contribution is 2.21. The SMILES string of the molecule is IC1=NC2=CCCNC(=C1)C2. The van der Waals surface area contributed by atoms with Gasteiger partial charge in [0.25, 0.3) is 0 Å². The summed E-state index contributed by atoms with van der Waals surface area (Å²) in [4.78, 5) is 4.41. The molecular weight excluding hydrogens is 251 g/mol. The fourth-order valence-corrected chi connectivity index (χ4v) is 1.99. The lowest BCUT2D eigenvalue weighted by Crippen LogP contribution is -2.14. The lowest BCUT2D eigenvalue weighted by molar-refractivity contribution is 0.799. The first-order valence-electron chi connectivity index (χ1n) is 3.72. The monoisotopic (exact) mass is 260 g/mol. The van der Waals surface area contributed by atoms with Gasteiger partial charge in [-0.15, -0.1) is 0 Å². The molecular formula is C8H9IN2. The molecule has 0 atom stereocenters. The number of hydrogen-bond acceptors (Lipinski definition) is 2. The lowest BCUT2D eigenvalue weighted by Gasteiger charge is -2.10. The van der Waals surface area contributed by atoms with Gasteiger partial charge in [-0.25, -0.2) is 4.99 Å². The summed E-state index contributed by atoms with van der Waals surface area (Å²) >= 11 is 2.25. The molecule has 58 valence electrons. The average Bonchev–Trinajstić information content (AvgIpc) is 2.11. The molecule has 0 radical (unpaired) electrons. The summed E-state index contributed by atoms with van der Waals surface area (Å²) in [5, 5.41) is 3.37. The first-order valence-corrected chi connectivity index (χ1v) is 4.80. The van der Waals surface area contributed by atoms with Gasteiger partial charge in [0.2, 0.25) is 0 Å². The molecule has 0 saturated carbocycles. The fourth-order valence-electron chi connectivity index (χ4n) is 1.30. The van der Waals surface area contributed by atoms with Crippen molar-refractivity contribution in [1.82, 2.24) is 5.32 Å². The minimum absolute atomic E-state index is 0.993. The quantitative estimate of drug-likeness (QED) is 0.662. The molecule has 2 nitrogen and oxygen atoms in total. The molecule has 0 saturated heterocycles. The minimum Gasteiger partial charge on any atom is -0.388 e. The average molecular weight is 260 g/mol. The van der Waals surface area contributed by atoms with Crippen LogP contribution in [0.4, 0.5) is 0 Å². The van der Waals surface area contributed by atoms with Crippen LogP contribution in [0.1, 0.15) is 12.8 Å². The topological polar surface area (TPSA) is 24.4 Å². The Morgan fingerprint density at radius 2 is 2.45 bits per heavy atom. The van der Waals surface area contributed by atoms with Crippen LogP contribution in [0.15, 0.2) is 28.5 Å². The van der Waals surface area contributed by atoms with E-state index >= 15 is 0 Å². The summed E-state index contributed by atoms with van der Waals surface area (Å²) in [6.07, 6.45) is 6.42. The van der Waals surface area contributed by atoms with E-state index < -0.39 is 0 Å². The predicted octanol–water partition coefficient (Wildman–Crippen LogP) is 1.98. The molecule has 3 heteroatoms. The lowest BCUT2D eigenvalue weighted by atomic mass is 10.2. The van der Waals surface area contributed by atoms with Crippen molar-refractivity contribution in [3.05, 3.63) is 23.5 Å². The Balaban J connectivity index is 2.36. The van der Waals surface area contributed by atoms with Gasteiger partial charge in [-0.3, -0.25) is 0 Å². The highest BCUT2D eigenvalue weighted by atomic mass is 127. The molecule has 11 heavy (non-hydrogen) atoms. The highest BCUT2D eigenvalue weighted by molar-refractivity contribution is 14.1. The third-order valence-electron chi connectivity index (χ3n) is 1.79. The number of allylic oxidation sites excluding steroid dienone is 1. The summed E-state index contributed by atoms with van der Waals surface area (Å²) in [6.45, 7) is 1.05. The summed E-state index contributed by atoms with van der Waals surface area (Å²) in [5.41, 5.74) is 2.53. The van der Waals surface area contributed by atoms with Gasteiger partial charge in [0.05, 0.1) is 0 Å². The van der Waals surface area contributed by atoms with Crippen LogP contribution in [-0.4, -0.2) is 10.3 Å². The second-order valence-electron chi connectivity index (χ2n) is 2.69. The van der Waals surface area contributed by atoms with Gasteiger partial charge < -0.3 is 5.32 Å². The maximum Gasteiger partial charge on any atom is 0.103 e. The summed E-state index contributed by atoms with van der Waals surface area (Å²) in [6, 6.07) is 0. The molecule has 0 aromatic heterocycles. The van der Waals surface area contributed by atoms with Crippen LogP contribution in [0.25, 0.3) is 0 Å². The van der Waals surface area contributed by atoms with E-state index in [4.69, 9.17) is 0 Å². The van der Waals surface area contributed by atoms with Gasteiger partial charge in [-0.2, -0.15) is 0 Å². The Morgan fingerprint density at radius 1 is 1.55 bits per heavy atom. The van der Waals surface area contributed by atoms with Crippen LogP contribution < -0.4 is 5.32 Å². The second-order valence-corrected chi connectivity index (χ2v) is 3.80. The van der Waals surface area contributed by atoms with E-state index in [0.29, 0.717) is 0 Å². The van der Waals surface area contributed by atoms with Crippen molar-refractivity contribution in [1.29, 1.82) is 0 Å². The minimum atomic E-state index is 0.993. The molecule has 0 fully saturated rings. The molecule has 0 spiro atoms. The van der Waals surface area contributed by atoms with Crippen LogP contribution >= 0.6 is 22.6 Å².